The smallest absolute Gasteiger partial charge is 0.258 e. The summed E-state index contributed by atoms with van der Waals surface area (Å²) >= 11 is 0. The van der Waals surface area contributed by atoms with Gasteiger partial charge in [0.2, 0.25) is 11.9 Å². The third-order valence-corrected chi connectivity index (χ3v) is 8.02. The predicted molar refractivity (Wildman–Crippen MR) is 156 cm³/mol. The number of hydrogen-bond donors (Lipinski definition) is 1. The number of likely N-dealkylation sites (tertiary alicyclic amines) is 2. The summed E-state index contributed by atoms with van der Waals surface area (Å²) in [5.41, 5.74) is 5.48. The molecule has 0 radical (unpaired) electrons. The molecule has 3 aromatic rings. The van der Waals surface area contributed by atoms with Gasteiger partial charge in [-0.2, -0.15) is 0 Å². The molecular formula is C31H40N6O3. The van der Waals surface area contributed by atoms with Crippen molar-refractivity contribution in [2.45, 2.75) is 65.1 Å². The molecular weight excluding hydrogens is 504 g/mol. The average molecular weight is 545 g/mol. The van der Waals surface area contributed by atoms with Gasteiger partial charge in [0.1, 0.15) is 0 Å². The molecule has 9 nitrogen and oxygen atoms in total. The highest BCUT2D eigenvalue weighted by Crippen LogP contribution is 2.33. The van der Waals surface area contributed by atoms with Crippen LogP contribution in [0.2, 0.25) is 0 Å². The van der Waals surface area contributed by atoms with E-state index in [1.807, 2.05) is 18.7 Å². The first kappa shape index (κ1) is 28.0. The van der Waals surface area contributed by atoms with Crippen LogP contribution in [0, 0.1) is 13.8 Å². The van der Waals surface area contributed by atoms with E-state index in [1.165, 1.54) is 5.56 Å². The van der Waals surface area contributed by atoms with Crippen LogP contribution in [0.25, 0.3) is 11.0 Å². The number of fused-ring (bicyclic) bond motifs is 1. The minimum absolute atomic E-state index is 0.0122. The van der Waals surface area contributed by atoms with Crippen molar-refractivity contribution >= 4 is 28.8 Å². The number of carbonyl (C=O) groups is 2. The number of ether oxygens (including phenoxy) is 1. The lowest BCUT2D eigenvalue weighted by molar-refractivity contribution is -0.126. The van der Waals surface area contributed by atoms with Crippen LogP contribution in [-0.2, 0) is 16.1 Å². The summed E-state index contributed by atoms with van der Waals surface area (Å²) in [6.45, 7) is 9.91. The van der Waals surface area contributed by atoms with Crippen LogP contribution in [-0.4, -0.2) is 75.5 Å². The lowest BCUT2D eigenvalue weighted by Gasteiger charge is -2.26. The zero-order chi connectivity index (χ0) is 28.2. The maximum Gasteiger partial charge on any atom is 0.258 e. The van der Waals surface area contributed by atoms with E-state index in [-0.39, 0.29) is 24.0 Å². The summed E-state index contributed by atoms with van der Waals surface area (Å²) in [5, 5.41) is 3.10. The van der Waals surface area contributed by atoms with Crippen LogP contribution in [0.1, 0.15) is 65.8 Å². The fourth-order valence-electron chi connectivity index (χ4n) is 6.07. The van der Waals surface area contributed by atoms with E-state index in [9.17, 15) is 9.59 Å². The second-order valence-electron chi connectivity index (χ2n) is 11.0. The van der Waals surface area contributed by atoms with Gasteiger partial charge in [-0.3, -0.25) is 24.8 Å². The molecule has 1 aromatic carbocycles. The summed E-state index contributed by atoms with van der Waals surface area (Å²) in [4.78, 5) is 39.8. The Bertz CT molecular complexity index is 1410. The molecule has 0 saturated carbocycles. The molecule has 40 heavy (non-hydrogen) atoms. The first-order valence-electron chi connectivity index (χ1n) is 14.3. The number of methoxy groups -OCH3 is 1. The van der Waals surface area contributed by atoms with Crippen LogP contribution in [0.4, 0.5) is 5.95 Å². The first-order valence-corrected chi connectivity index (χ1v) is 14.3. The Morgan fingerprint density at radius 1 is 1.12 bits per heavy atom. The first-order chi connectivity index (χ1) is 19.4. The van der Waals surface area contributed by atoms with Crippen molar-refractivity contribution in [1.82, 2.24) is 24.3 Å². The Morgan fingerprint density at radius 2 is 1.98 bits per heavy atom. The number of carbonyl (C=O) groups excluding carboxylic acids is 2. The van der Waals surface area contributed by atoms with Crippen LogP contribution >= 0.6 is 0 Å². The van der Waals surface area contributed by atoms with Gasteiger partial charge >= 0.3 is 0 Å². The van der Waals surface area contributed by atoms with Gasteiger partial charge in [0.05, 0.1) is 23.2 Å². The fraction of sp³-hybridized carbons (Fsp3) is 0.484. The number of pyridine rings is 1. The number of nitrogens with zero attached hydrogens (tertiary/aromatic N) is 5. The molecule has 2 saturated heterocycles. The Kier molecular flexibility index (Phi) is 8.61. The van der Waals surface area contributed by atoms with Crippen LogP contribution in [0.5, 0.6) is 0 Å². The Labute approximate surface area is 236 Å². The Hall–Kier alpha value is -3.56. The van der Waals surface area contributed by atoms with E-state index in [0.717, 1.165) is 74.2 Å². The number of anilines is 1. The summed E-state index contributed by atoms with van der Waals surface area (Å²) in [6.07, 6.45) is 9.24. The van der Waals surface area contributed by atoms with Crippen molar-refractivity contribution in [3.63, 3.8) is 0 Å². The van der Waals surface area contributed by atoms with E-state index in [4.69, 9.17) is 9.72 Å². The normalized spacial score (nSPS) is 20.4. The van der Waals surface area contributed by atoms with Gasteiger partial charge in [0, 0.05) is 57.3 Å². The third-order valence-electron chi connectivity index (χ3n) is 8.02. The average Bonchev–Trinajstić information content (AvgIpc) is 3.44. The molecule has 2 aliphatic heterocycles. The molecule has 0 bridgehead atoms. The number of aromatic nitrogens is 3. The van der Waals surface area contributed by atoms with Gasteiger partial charge in [-0.1, -0.05) is 12.1 Å². The second kappa shape index (κ2) is 12.3. The van der Waals surface area contributed by atoms with Crippen molar-refractivity contribution in [3.05, 3.63) is 65.0 Å². The highest BCUT2D eigenvalue weighted by atomic mass is 16.5. The number of rotatable bonds is 7. The zero-order valence-electron chi connectivity index (χ0n) is 24.0. The van der Waals surface area contributed by atoms with E-state index >= 15 is 0 Å². The molecule has 2 amide bonds. The van der Waals surface area contributed by atoms with E-state index in [0.29, 0.717) is 18.1 Å². The van der Waals surface area contributed by atoms with Crippen LogP contribution < -0.4 is 5.32 Å². The Morgan fingerprint density at radius 3 is 2.73 bits per heavy atom. The molecule has 2 atom stereocenters. The molecule has 2 aliphatic rings. The minimum atomic E-state index is -0.224. The van der Waals surface area contributed by atoms with Crippen molar-refractivity contribution < 1.29 is 14.3 Å². The van der Waals surface area contributed by atoms with E-state index < -0.39 is 0 Å². The van der Waals surface area contributed by atoms with Crippen molar-refractivity contribution in [2.75, 3.05) is 38.6 Å². The SMILES string of the molecule is CC=CC(=O)N1CCCCC(n2c(NC(=O)c3ccnc(C)c3)nc3cc(CN4CCC(OC)C4)cc(C)c32)C1. The van der Waals surface area contributed by atoms with Gasteiger partial charge in [0.15, 0.2) is 0 Å². The number of nitrogens with one attached hydrogen (secondary N) is 1. The molecule has 2 unspecified atom stereocenters. The summed E-state index contributed by atoms with van der Waals surface area (Å²) in [5.74, 6) is 0.314. The van der Waals surface area contributed by atoms with Crippen molar-refractivity contribution in [2.24, 2.45) is 0 Å². The molecule has 9 heteroatoms. The number of amides is 2. The van der Waals surface area contributed by atoms with Crippen LogP contribution in [0.15, 0.2) is 42.6 Å². The molecule has 0 spiro atoms. The highest BCUT2D eigenvalue weighted by molar-refractivity contribution is 6.04. The Balaban J connectivity index is 1.53. The number of hydrogen-bond acceptors (Lipinski definition) is 6. The van der Waals surface area contributed by atoms with Gasteiger partial charge in [-0.15, -0.1) is 0 Å². The van der Waals surface area contributed by atoms with E-state index in [2.05, 4.69) is 38.8 Å². The van der Waals surface area contributed by atoms with Gasteiger partial charge < -0.3 is 14.2 Å². The van der Waals surface area contributed by atoms with Crippen LogP contribution in [0.3, 0.4) is 0 Å². The minimum Gasteiger partial charge on any atom is -0.380 e. The van der Waals surface area contributed by atoms with Crippen molar-refractivity contribution in [3.8, 4) is 0 Å². The molecule has 0 aliphatic carbocycles. The van der Waals surface area contributed by atoms with E-state index in [1.54, 1.807) is 37.6 Å². The monoisotopic (exact) mass is 544 g/mol. The topological polar surface area (TPSA) is 92.6 Å². The van der Waals surface area contributed by atoms with Gasteiger partial charge in [0.25, 0.3) is 5.91 Å². The quantitative estimate of drug-likeness (QED) is 0.436. The van der Waals surface area contributed by atoms with Crippen molar-refractivity contribution in [1.29, 1.82) is 0 Å². The second-order valence-corrected chi connectivity index (χ2v) is 11.0. The maximum absolute atomic E-state index is 13.4. The largest absolute Gasteiger partial charge is 0.380 e. The van der Waals surface area contributed by atoms with Gasteiger partial charge in [-0.25, -0.2) is 4.98 Å². The zero-order valence-corrected chi connectivity index (χ0v) is 24.0. The number of benzene rings is 1. The molecule has 2 aromatic heterocycles. The molecule has 2 fully saturated rings. The summed E-state index contributed by atoms with van der Waals surface area (Å²) in [7, 11) is 1.78. The lowest BCUT2D eigenvalue weighted by Crippen LogP contribution is -2.34. The fourth-order valence-corrected chi connectivity index (χ4v) is 6.07. The third kappa shape index (κ3) is 6.10. The number of imidazole rings is 1. The maximum atomic E-state index is 13.4. The molecule has 1 N–H and O–H groups in total. The predicted octanol–water partition coefficient (Wildman–Crippen LogP) is 4.65. The highest BCUT2D eigenvalue weighted by Gasteiger charge is 2.28. The molecule has 212 valence electrons. The lowest BCUT2D eigenvalue weighted by atomic mass is 10.1. The molecule has 4 heterocycles. The number of aryl methyl sites for hydroxylation is 2. The summed E-state index contributed by atoms with van der Waals surface area (Å²) in [6, 6.07) is 7.85. The molecule has 5 rings (SSSR count). The number of allylic oxidation sites excluding steroid dienone is 1. The van der Waals surface area contributed by atoms with Gasteiger partial charge in [-0.05, 0) is 81.9 Å². The summed E-state index contributed by atoms with van der Waals surface area (Å²) < 4.78 is 7.72. The standard InChI is InChI=1S/C31H40N6O3/c1-5-8-28(38)36-13-7-6-9-25(19-36)37-29-21(2)15-23(18-35-14-11-26(20-35)40-4)17-27(29)33-31(37)34-30(39)24-10-12-32-22(3)16-24/h5,8,10,12,15-17,25-26H,6-7,9,11,13-14,18-20H2,1-4H3,(H,33,34,39).